The zero-order valence-corrected chi connectivity index (χ0v) is 14.6. The molecule has 1 aromatic carbocycles. The molecule has 132 valence electrons. The van der Waals surface area contributed by atoms with Gasteiger partial charge in [0.1, 0.15) is 5.75 Å². The van der Waals surface area contributed by atoms with E-state index in [1.165, 1.54) is 5.56 Å². The van der Waals surface area contributed by atoms with E-state index in [1.807, 2.05) is 12.1 Å². The van der Waals surface area contributed by atoms with E-state index in [0.717, 1.165) is 56.8 Å². The minimum Gasteiger partial charge on any atom is -0.493 e. The smallest absolute Gasteiger partial charge is 0.223 e. The fraction of sp³-hybridized carbons (Fsp3) is 0.611. The normalized spacial score (nSPS) is 28.1. The van der Waals surface area contributed by atoms with Crippen LogP contribution in [-0.4, -0.2) is 37.8 Å². The van der Waals surface area contributed by atoms with Crippen LogP contribution in [0.4, 0.5) is 0 Å². The zero-order chi connectivity index (χ0) is 15.6. The van der Waals surface area contributed by atoms with E-state index < -0.39 is 0 Å². The number of nitrogens with one attached hydrogen (secondary N) is 2. The number of benzene rings is 1. The molecule has 24 heavy (non-hydrogen) atoms. The van der Waals surface area contributed by atoms with Crippen molar-refractivity contribution in [1.82, 2.24) is 10.6 Å². The summed E-state index contributed by atoms with van der Waals surface area (Å²) in [6.45, 7) is 3.05. The van der Waals surface area contributed by atoms with Gasteiger partial charge in [-0.3, -0.25) is 4.79 Å². The van der Waals surface area contributed by atoms with Crippen LogP contribution in [0.15, 0.2) is 18.2 Å². The Morgan fingerprint density at radius 3 is 3.12 bits per heavy atom. The Labute approximate surface area is 148 Å². The summed E-state index contributed by atoms with van der Waals surface area (Å²) < 4.78 is 11.3. The molecule has 0 aromatic heterocycles. The van der Waals surface area contributed by atoms with Crippen molar-refractivity contribution in [3.05, 3.63) is 29.3 Å². The van der Waals surface area contributed by atoms with E-state index in [-0.39, 0.29) is 24.2 Å². The molecule has 0 unspecified atom stereocenters. The Kier molecular flexibility index (Phi) is 5.64. The Balaban J connectivity index is 0.00000169. The number of hydrogen-bond acceptors (Lipinski definition) is 4. The first kappa shape index (κ1) is 17.5. The predicted molar refractivity (Wildman–Crippen MR) is 93.6 cm³/mol. The molecule has 2 fully saturated rings. The zero-order valence-electron chi connectivity index (χ0n) is 13.8. The number of hydrogen-bond donors (Lipinski definition) is 2. The molecular formula is C18H25ClN2O3. The van der Waals surface area contributed by atoms with Crippen LogP contribution in [0.3, 0.4) is 0 Å². The topological polar surface area (TPSA) is 59.6 Å². The van der Waals surface area contributed by atoms with Gasteiger partial charge < -0.3 is 20.1 Å². The van der Waals surface area contributed by atoms with Gasteiger partial charge in [0.05, 0.1) is 19.3 Å². The molecule has 4 rings (SSSR count). The van der Waals surface area contributed by atoms with Gasteiger partial charge in [0.2, 0.25) is 5.91 Å². The van der Waals surface area contributed by atoms with E-state index in [1.54, 1.807) is 0 Å². The van der Waals surface area contributed by atoms with Crippen molar-refractivity contribution in [2.24, 2.45) is 5.92 Å². The summed E-state index contributed by atoms with van der Waals surface area (Å²) in [5, 5.41) is 6.60. The van der Waals surface area contributed by atoms with Gasteiger partial charge in [0.15, 0.2) is 0 Å². The lowest BCUT2D eigenvalue weighted by molar-refractivity contribution is -0.128. The molecule has 1 amide bonds. The largest absolute Gasteiger partial charge is 0.493 e. The first-order valence-corrected chi connectivity index (χ1v) is 8.67. The van der Waals surface area contributed by atoms with Crippen LogP contribution < -0.4 is 15.4 Å². The third kappa shape index (κ3) is 3.68. The number of carbonyl (C=O) groups excluding carboxylic acids is 1. The maximum atomic E-state index is 12.5. The molecule has 1 saturated carbocycles. The Morgan fingerprint density at radius 1 is 1.29 bits per heavy atom. The second kappa shape index (κ2) is 7.72. The van der Waals surface area contributed by atoms with Gasteiger partial charge in [-0.1, -0.05) is 12.1 Å². The fourth-order valence-corrected chi connectivity index (χ4v) is 3.93. The van der Waals surface area contributed by atoms with Crippen molar-refractivity contribution >= 4 is 18.3 Å². The molecule has 1 saturated heterocycles. The van der Waals surface area contributed by atoms with Crippen molar-refractivity contribution in [1.29, 1.82) is 0 Å². The molecule has 5 nitrogen and oxygen atoms in total. The molecule has 0 bridgehead atoms. The first-order chi connectivity index (χ1) is 11.3. The molecule has 2 heterocycles. The minimum absolute atomic E-state index is 0. The maximum Gasteiger partial charge on any atom is 0.223 e. The molecular weight excluding hydrogens is 328 g/mol. The summed E-state index contributed by atoms with van der Waals surface area (Å²) in [7, 11) is 0. The first-order valence-electron chi connectivity index (χ1n) is 8.67. The third-order valence-corrected chi connectivity index (χ3v) is 5.22. The second-order valence-electron chi connectivity index (χ2n) is 6.74. The summed E-state index contributed by atoms with van der Waals surface area (Å²) in [6, 6.07) is 6.54. The summed E-state index contributed by atoms with van der Waals surface area (Å²) >= 11 is 0. The number of ether oxygens (including phenoxy) is 2. The molecule has 3 aliphatic rings. The van der Waals surface area contributed by atoms with Crippen LogP contribution in [0, 0.1) is 5.92 Å². The van der Waals surface area contributed by atoms with Crippen LogP contribution in [0.25, 0.3) is 0 Å². The van der Waals surface area contributed by atoms with Crippen molar-refractivity contribution in [2.75, 3.05) is 19.8 Å². The number of morpholine rings is 1. The van der Waals surface area contributed by atoms with Crippen molar-refractivity contribution in [3.8, 4) is 5.75 Å². The summed E-state index contributed by atoms with van der Waals surface area (Å²) in [6.07, 6.45) is 4.05. The monoisotopic (exact) mass is 352 g/mol. The average molecular weight is 353 g/mol. The van der Waals surface area contributed by atoms with Crippen LogP contribution in [-0.2, 0) is 22.5 Å². The molecule has 6 heteroatoms. The van der Waals surface area contributed by atoms with Gasteiger partial charge in [0, 0.05) is 31.5 Å². The van der Waals surface area contributed by atoms with Crippen LogP contribution in [0.2, 0.25) is 0 Å². The third-order valence-electron chi connectivity index (χ3n) is 5.22. The Bertz CT molecular complexity index is 596. The summed E-state index contributed by atoms with van der Waals surface area (Å²) in [5.74, 6) is 1.26. The highest BCUT2D eigenvalue weighted by atomic mass is 35.5. The SMILES string of the molecule is Cl.O=C(NCc1ccc2c(c1)CCO2)[C@H]1CC[C@H]2OCCN[C@@H]2C1. The second-order valence-corrected chi connectivity index (χ2v) is 6.74. The Hall–Kier alpha value is -1.30. The molecule has 3 atom stereocenters. The maximum absolute atomic E-state index is 12.5. The molecule has 1 aromatic rings. The summed E-state index contributed by atoms with van der Waals surface area (Å²) in [4.78, 5) is 12.5. The molecule has 0 spiro atoms. The molecule has 2 aliphatic heterocycles. The van der Waals surface area contributed by atoms with Gasteiger partial charge in [-0.05, 0) is 36.5 Å². The van der Waals surface area contributed by atoms with Crippen LogP contribution in [0.1, 0.15) is 30.4 Å². The van der Waals surface area contributed by atoms with E-state index in [0.29, 0.717) is 18.7 Å². The fourth-order valence-electron chi connectivity index (χ4n) is 3.93. The van der Waals surface area contributed by atoms with E-state index >= 15 is 0 Å². The molecule has 1 aliphatic carbocycles. The number of carbonyl (C=O) groups is 1. The van der Waals surface area contributed by atoms with Gasteiger partial charge in [-0.25, -0.2) is 0 Å². The Morgan fingerprint density at radius 2 is 2.21 bits per heavy atom. The number of rotatable bonds is 3. The van der Waals surface area contributed by atoms with Crippen molar-refractivity contribution in [2.45, 2.75) is 44.4 Å². The van der Waals surface area contributed by atoms with E-state index in [4.69, 9.17) is 9.47 Å². The highest BCUT2D eigenvalue weighted by Gasteiger charge is 2.35. The minimum atomic E-state index is 0. The number of halogens is 1. The lowest BCUT2D eigenvalue weighted by atomic mass is 9.82. The van der Waals surface area contributed by atoms with Crippen LogP contribution >= 0.6 is 12.4 Å². The van der Waals surface area contributed by atoms with Crippen molar-refractivity contribution < 1.29 is 14.3 Å². The standard InChI is InChI=1S/C18H24N2O3.ClH/c21-18(14-2-4-17-15(10-14)19-6-8-23-17)20-11-12-1-3-16-13(9-12)5-7-22-16;/h1,3,9,14-15,17,19H,2,4-8,10-11H2,(H,20,21);1H/t14-,15+,17+;/m0./s1. The van der Waals surface area contributed by atoms with Gasteiger partial charge in [-0.2, -0.15) is 0 Å². The average Bonchev–Trinajstić information content (AvgIpc) is 3.07. The summed E-state index contributed by atoms with van der Waals surface area (Å²) in [5.41, 5.74) is 2.40. The quantitative estimate of drug-likeness (QED) is 0.871. The van der Waals surface area contributed by atoms with E-state index in [9.17, 15) is 4.79 Å². The molecule has 2 N–H and O–H groups in total. The molecule has 0 radical (unpaired) electrons. The lowest BCUT2D eigenvalue weighted by Gasteiger charge is -2.39. The number of fused-ring (bicyclic) bond motifs is 2. The van der Waals surface area contributed by atoms with Gasteiger partial charge in [0.25, 0.3) is 0 Å². The predicted octanol–water partition coefficient (Wildman–Crippen LogP) is 1.82. The lowest BCUT2D eigenvalue weighted by Crippen LogP contribution is -2.53. The van der Waals surface area contributed by atoms with Crippen molar-refractivity contribution in [3.63, 3.8) is 0 Å². The van der Waals surface area contributed by atoms with Gasteiger partial charge in [-0.15, -0.1) is 12.4 Å². The van der Waals surface area contributed by atoms with Gasteiger partial charge >= 0.3 is 0 Å². The highest BCUT2D eigenvalue weighted by Crippen LogP contribution is 2.29. The van der Waals surface area contributed by atoms with Crippen LogP contribution in [0.5, 0.6) is 5.75 Å². The van der Waals surface area contributed by atoms with E-state index in [2.05, 4.69) is 16.7 Å². The highest BCUT2D eigenvalue weighted by molar-refractivity contribution is 5.85. The number of amides is 1.